The number of benzene rings is 1. The fourth-order valence-corrected chi connectivity index (χ4v) is 2.66. The van der Waals surface area contributed by atoms with Crippen molar-refractivity contribution in [2.24, 2.45) is 0 Å². The van der Waals surface area contributed by atoms with Crippen LogP contribution in [-0.4, -0.2) is 22.7 Å². The Hall–Kier alpha value is -3.61. The molecular weight excluding hydrogens is 344 g/mol. The Balaban J connectivity index is 1.31. The van der Waals surface area contributed by atoms with Gasteiger partial charge in [0.15, 0.2) is 11.5 Å². The number of aromatic nitrogens is 2. The molecule has 7 heteroatoms. The monoisotopic (exact) mass is 362 g/mol. The van der Waals surface area contributed by atoms with E-state index in [9.17, 15) is 4.79 Å². The van der Waals surface area contributed by atoms with E-state index in [0.717, 1.165) is 22.6 Å². The number of pyridine rings is 2. The minimum atomic E-state index is -0.173. The third-order valence-electron chi connectivity index (χ3n) is 4.11. The normalized spacial score (nSPS) is 11.9. The first-order valence-electron chi connectivity index (χ1n) is 8.53. The summed E-state index contributed by atoms with van der Waals surface area (Å²) < 4.78 is 10.7. The van der Waals surface area contributed by atoms with Gasteiger partial charge in [-0.05, 0) is 41.5 Å². The lowest BCUT2D eigenvalue weighted by molar-refractivity contribution is 0.0950. The molecule has 2 aromatic heterocycles. The largest absolute Gasteiger partial charge is 0.454 e. The van der Waals surface area contributed by atoms with Crippen molar-refractivity contribution in [2.75, 3.05) is 12.1 Å². The third-order valence-corrected chi connectivity index (χ3v) is 4.11. The maximum absolute atomic E-state index is 12.2. The van der Waals surface area contributed by atoms with Gasteiger partial charge in [0.2, 0.25) is 6.79 Å². The molecule has 0 aliphatic carbocycles. The predicted octanol–water partition coefficient (Wildman–Crippen LogP) is 2.75. The Kier molecular flexibility index (Phi) is 4.82. The van der Waals surface area contributed by atoms with Crippen LogP contribution in [0.3, 0.4) is 0 Å². The fraction of sp³-hybridized carbons (Fsp3) is 0.150. The van der Waals surface area contributed by atoms with Crippen molar-refractivity contribution in [3.63, 3.8) is 0 Å². The molecule has 7 nitrogen and oxygen atoms in total. The predicted molar refractivity (Wildman–Crippen MR) is 99.5 cm³/mol. The highest BCUT2D eigenvalue weighted by molar-refractivity contribution is 5.94. The molecule has 0 atom stereocenters. The topological polar surface area (TPSA) is 85.4 Å². The number of rotatable bonds is 6. The average Bonchev–Trinajstić information content (AvgIpc) is 3.19. The summed E-state index contributed by atoms with van der Waals surface area (Å²) in [6, 6.07) is 13.1. The number of nitrogens with zero attached hydrogens (tertiary/aromatic N) is 2. The molecule has 27 heavy (non-hydrogen) atoms. The summed E-state index contributed by atoms with van der Waals surface area (Å²) in [7, 11) is 0. The molecule has 2 N–H and O–H groups in total. The van der Waals surface area contributed by atoms with Gasteiger partial charge in [0.05, 0.1) is 5.56 Å². The van der Waals surface area contributed by atoms with Crippen LogP contribution in [-0.2, 0) is 13.1 Å². The molecule has 3 aromatic rings. The van der Waals surface area contributed by atoms with E-state index in [-0.39, 0.29) is 12.7 Å². The second kappa shape index (κ2) is 7.74. The van der Waals surface area contributed by atoms with Crippen LogP contribution < -0.4 is 20.1 Å². The minimum Gasteiger partial charge on any atom is -0.454 e. The van der Waals surface area contributed by atoms with Crippen LogP contribution in [0.15, 0.2) is 61.1 Å². The summed E-state index contributed by atoms with van der Waals surface area (Å²) in [6.45, 7) is 1.28. The lowest BCUT2D eigenvalue weighted by atomic mass is 10.2. The van der Waals surface area contributed by atoms with Gasteiger partial charge in [-0.25, -0.2) is 4.98 Å². The number of amides is 1. The number of anilines is 1. The summed E-state index contributed by atoms with van der Waals surface area (Å²) >= 11 is 0. The van der Waals surface area contributed by atoms with Crippen molar-refractivity contribution in [3.05, 3.63) is 77.7 Å². The molecule has 4 rings (SSSR count). The molecule has 1 aliphatic rings. The molecule has 3 heterocycles. The van der Waals surface area contributed by atoms with Crippen LogP contribution in [0.5, 0.6) is 11.5 Å². The Bertz CT molecular complexity index is 930. The highest BCUT2D eigenvalue weighted by Crippen LogP contribution is 2.32. The van der Waals surface area contributed by atoms with Gasteiger partial charge in [0.25, 0.3) is 5.91 Å². The number of hydrogen-bond acceptors (Lipinski definition) is 6. The third kappa shape index (κ3) is 4.14. The lowest BCUT2D eigenvalue weighted by Crippen LogP contribution is -2.23. The average molecular weight is 362 g/mol. The summed E-state index contributed by atoms with van der Waals surface area (Å²) in [5.74, 6) is 2.03. The lowest BCUT2D eigenvalue weighted by Gasteiger charge is -2.08. The fourth-order valence-electron chi connectivity index (χ4n) is 2.66. The number of fused-ring (bicyclic) bond motifs is 1. The van der Waals surface area contributed by atoms with Crippen molar-refractivity contribution in [1.82, 2.24) is 15.3 Å². The van der Waals surface area contributed by atoms with E-state index >= 15 is 0 Å². The van der Waals surface area contributed by atoms with Gasteiger partial charge in [-0.15, -0.1) is 0 Å². The molecule has 1 aromatic carbocycles. The van der Waals surface area contributed by atoms with Crippen LogP contribution in [0.2, 0.25) is 0 Å². The van der Waals surface area contributed by atoms with Crippen LogP contribution in [0.25, 0.3) is 0 Å². The van der Waals surface area contributed by atoms with E-state index in [4.69, 9.17) is 9.47 Å². The molecule has 0 saturated heterocycles. The molecule has 1 amide bonds. The number of carbonyl (C=O) groups is 1. The molecule has 0 radical (unpaired) electrons. The highest BCUT2D eigenvalue weighted by atomic mass is 16.7. The summed E-state index contributed by atoms with van der Waals surface area (Å²) in [5.41, 5.74) is 2.51. The maximum atomic E-state index is 12.2. The van der Waals surface area contributed by atoms with E-state index in [1.54, 1.807) is 30.7 Å². The SMILES string of the molecule is O=C(NCc1cccnc1)c1ccc(NCc2ccc3c(c2)OCO3)nc1. The Labute approximate surface area is 156 Å². The summed E-state index contributed by atoms with van der Waals surface area (Å²) in [5, 5.41) is 6.08. The molecule has 0 saturated carbocycles. The number of ether oxygens (including phenoxy) is 2. The van der Waals surface area contributed by atoms with E-state index in [1.807, 2.05) is 30.3 Å². The Morgan fingerprint density at radius 2 is 1.93 bits per heavy atom. The van der Waals surface area contributed by atoms with Gasteiger partial charge in [-0.3, -0.25) is 9.78 Å². The van der Waals surface area contributed by atoms with Crippen molar-refractivity contribution < 1.29 is 14.3 Å². The Morgan fingerprint density at radius 1 is 1.00 bits per heavy atom. The molecule has 0 unspecified atom stereocenters. The second-order valence-electron chi connectivity index (χ2n) is 6.02. The summed E-state index contributed by atoms with van der Waals surface area (Å²) in [4.78, 5) is 20.5. The molecular formula is C20H18N4O3. The van der Waals surface area contributed by atoms with E-state index in [2.05, 4.69) is 20.6 Å². The zero-order valence-corrected chi connectivity index (χ0v) is 14.5. The van der Waals surface area contributed by atoms with Gasteiger partial charge in [-0.2, -0.15) is 0 Å². The molecule has 0 bridgehead atoms. The molecule has 0 spiro atoms. The number of carbonyl (C=O) groups excluding carboxylic acids is 1. The van der Waals surface area contributed by atoms with Crippen LogP contribution in [0, 0.1) is 0 Å². The smallest absolute Gasteiger partial charge is 0.253 e. The van der Waals surface area contributed by atoms with Gasteiger partial charge in [0.1, 0.15) is 5.82 Å². The highest BCUT2D eigenvalue weighted by Gasteiger charge is 2.13. The summed E-state index contributed by atoms with van der Waals surface area (Å²) in [6.07, 6.45) is 4.98. The minimum absolute atomic E-state index is 0.173. The van der Waals surface area contributed by atoms with Gasteiger partial charge in [-0.1, -0.05) is 12.1 Å². The van der Waals surface area contributed by atoms with Crippen molar-refractivity contribution in [2.45, 2.75) is 13.1 Å². The molecule has 1 aliphatic heterocycles. The first kappa shape index (κ1) is 16.8. The van der Waals surface area contributed by atoms with Gasteiger partial charge < -0.3 is 20.1 Å². The molecule has 0 fully saturated rings. The number of nitrogens with one attached hydrogen (secondary N) is 2. The first-order chi connectivity index (χ1) is 13.3. The van der Waals surface area contributed by atoms with E-state index in [0.29, 0.717) is 24.5 Å². The van der Waals surface area contributed by atoms with Gasteiger partial charge >= 0.3 is 0 Å². The van der Waals surface area contributed by atoms with Crippen molar-refractivity contribution in [1.29, 1.82) is 0 Å². The van der Waals surface area contributed by atoms with Crippen molar-refractivity contribution in [3.8, 4) is 11.5 Å². The van der Waals surface area contributed by atoms with Crippen molar-refractivity contribution >= 4 is 11.7 Å². The zero-order valence-electron chi connectivity index (χ0n) is 14.5. The van der Waals surface area contributed by atoms with E-state index in [1.165, 1.54) is 0 Å². The molecule has 136 valence electrons. The number of hydrogen-bond donors (Lipinski definition) is 2. The first-order valence-corrected chi connectivity index (χ1v) is 8.53. The van der Waals surface area contributed by atoms with Gasteiger partial charge in [0, 0.05) is 31.7 Å². The van der Waals surface area contributed by atoms with Crippen LogP contribution >= 0.6 is 0 Å². The standard InChI is InChI=1S/C20H18N4O3/c25-20(24-11-15-2-1-7-21-9-15)16-4-6-19(23-12-16)22-10-14-3-5-17-18(8-14)27-13-26-17/h1-9,12H,10-11,13H2,(H,22,23)(H,24,25). The Morgan fingerprint density at radius 3 is 2.74 bits per heavy atom. The maximum Gasteiger partial charge on any atom is 0.253 e. The van der Waals surface area contributed by atoms with Crippen LogP contribution in [0.1, 0.15) is 21.5 Å². The van der Waals surface area contributed by atoms with E-state index < -0.39 is 0 Å². The quantitative estimate of drug-likeness (QED) is 0.701. The van der Waals surface area contributed by atoms with Crippen LogP contribution in [0.4, 0.5) is 5.82 Å². The zero-order chi connectivity index (χ0) is 18.5. The second-order valence-corrected chi connectivity index (χ2v) is 6.02.